The van der Waals surface area contributed by atoms with Gasteiger partial charge in [-0.25, -0.2) is 8.42 Å². The van der Waals surface area contributed by atoms with Gasteiger partial charge >= 0.3 is 6.18 Å². The van der Waals surface area contributed by atoms with E-state index in [1.807, 2.05) is 0 Å². The second kappa shape index (κ2) is 13.7. The Morgan fingerprint density at radius 3 is 2.26 bits per heavy atom. The molecule has 0 bridgehead atoms. The Kier molecular flexibility index (Phi) is 10.4. The number of hydrogen-bond donors (Lipinski definition) is 1. The highest BCUT2D eigenvalue weighted by Crippen LogP contribution is 2.38. The van der Waals surface area contributed by atoms with Crippen LogP contribution >= 0.6 is 27.5 Å². The van der Waals surface area contributed by atoms with Crippen LogP contribution in [0.3, 0.4) is 0 Å². The Morgan fingerprint density at radius 2 is 1.65 bits per heavy atom. The average molecular weight is 701 g/mol. The number of carbonyl (C=O) groups is 2. The van der Waals surface area contributed by atoms with Crippen molar-refractivity contribution in [3.8, 4) is 0 Å². The van der Waals surface area contributed by atoms with Gasteiger partial charge in [-0.15, -0.1) is 0 Å². The van der Waals surface area contributed by atoms with Crippen LogP contribution < -0.4 is 9.62 Å². The monoisotopic (exact) mass is 699 g/mol. The van der Waals surface area contributed by atoms with Crippen LogP contribution in [-0.4, -0.2) is 43.8 Å². The first-order valence-corrected chi connectivity index (χ1v) is 16.2. The molecule has 43 heavy (non-hydrogen) atoms. The van der Waals surface area contributed by atoms with Gasteiger partial charge in [0, 0.05) is 17.1 Å². The summed E-state index contributed by atoms with van der Waals surface area (Å²) in [5.41, 5.74) is -0.982. The molecule has 3 aromatic rings. The zero-order valence-electron chi connectivity index (χ0n) is 23.2. The molecular weight excluding hydrogens is 671 g/mol. The van der Waals surface area contributed by atoms with E-state index in [2.05, 4.69) is 21.2 Å². The van der Waals surface area contributed by atoms with E-state index in [0.29, 0.717) is 15.9 Å². The first-order valence-electron chi connectivity index (χ1n) is 13.6. The highest BCUT2D eigenvalue weighted by molar-refractivity contribution is 9.10. The van der Waals surface area contributed by atoms with E-state index >= 15 is 0 Å². The third-order valence-electron chi connectivity index (χ3n) is 7.29. The molecule has 0 radical (unpaired) electrons. The Bertz CT molecular complexity index is 1550. The molecule has 0 heterocycles. The molecule has 1 N–H and O–H groups in total. The van der Waals surface area contributed by atoms with Crippen LogP contribution in [0.5, 0.6) is 0 Å². The second-order valence-electron chi connectivity index (χ2n) is 10.3. The molecule has 1 unspecified atom stereocenters. The summed E-state index contributed by atoms with van der Waals surface area (Å²) in [6.07, 6.45) is -1.28. The topological polar surface area (TPSA) is 86.8 Å². The lowest BCUT2D eigenvalue weighted by Gasteiger charge is -2.32. The van der Waals surface area contributed by atoms with Crippen LogP contribution in [0.25, 0.3) is 0 Å². The van der Waals surface area contributed by atoms with Crippen molar-refractivity contribution in [3.63, 3.8) is 0 Å². The summed E-state index contributed by atoms with van der Waals surface area (Å²) in [7, 11) is -4.53. The number of halogens is 5. The van der Waals surface area contributed by atoms with E-state index in [9.17, 15) is 31.2 Å². The fourth-order valence-corrected chi connectivity index (χ4v) is 6.81. The van der Waals surface area contributed by atoms with Gasteiger partial charge in [0.1, 0.15) is 12.6 Å². The number of anilines is 1. The van der Waals surface area contributed by atoms with Crippen molar-refractivity contribution in [2.75, 3.05) is 10.8 Å². The number of nitrogens with one attached hydrogen (secondary N) is 1. The molecule has 3 aromatic carbocycles. The predicted octanol–water partition coefficient (Wildman–Crippen LogP) is 6.79. The second-order valence-corrected chi connectivity index (χ2v) is 13.5. The average Bonchev–Trinajstić information content (AvgIpc) is 3.48. The number of rotatable bonds is 10. The number of sulfonamides is 1. The van der Waals surface area contributed by atoms with Crippen LogP contribution in [0.4, 0.5) is 18.9 Å². The number of carbonyl (C=O) groups excluding carboxylic acids is 2. The van der Waals surface area contributed by atoms with Gasteiger partial charge in [0.05, 0.1) is 21.2 Å². The molecule has 2 amide bonds. The highest BCUT2D eigenvalue weighted by Gasteiger charge is 2.37. The molecule has 1 atom stereocenters. The van der Waals surface area contributed by atoms with E-state index in [1.54, 1.807) is 37.3 Å². The number of hydrogen-bond acceptors (Lipinski definition) is 4. The van der Waals surface area contributed by atoms with Crippen molar-refractivity contribution in [1.82, 2.24) is 10.2 Å². The minimum Gasteiger partial charge on any atom is -0.352 e. The molecule has 0 aliphatic heterocycles. The van der Waals surface area contributed by atoms with E-state index < -0.39 is 56.9 Å². The number of alkyl halides is 3. The zero-order valence-corrected chi connectivity index (χ0v) is 26.3. The molecule has 1 aliphatic carbocycles. The molecule has 230 valence electrons. The molecule has 4 rings (SSSR count). The van der Waals surface area contributed by atoms with Gasteiger partial charge in [-0.3, -0.25) is 13.9 Å². The summed E-state index contributed by atoms with van der Waals surface area (Å²) in [6.45, 7) is 0.633. The van der Waals surface area contributed by atoms with Crippen LogP contribution in [0, 0.1) is 0 Å². The standard InChI is InChI=1S/C30H30BrClF3N3O4S/c1-20(29(40)36-23-7-5-6-8-23)37(18-21-11-13-22(31)14-12-21)28(39)19-38(43(41,42)25-9-3-2-4-10-25)24-15-16-27(32)26(17-24)30(33,34)35/h2-4,9-17,20,23H,5-8,18-19H2,1H3,(H,36,40). The Hall–Kier alpha value is -3.09. The van der Waals surface area contributed by atoms with Crippen molar-refractivity contribution in [3.05, 3.63) is 93.4 Å². The smallest absolute Gasteiger partial charge is 0.352 e. The van der Waals surface area contributed by atoms with E-state index in [4.69, 9.17) is 11.6 Å². The zero-order chi connectivity index (χ0) is 31.4. The van der Waals surface area contributed by atoms with E-state index in [0.717, 1.165) is 42.3 Å². The number of benzene rings is 3. The van der Waals surface area contributed by atoms with Gasteiger partial charge < -0.3 is 10.2 Å². The third kappa shape index (κ3) is 8.10. The van der Waals surface area contributed by atoms with Gasteiger partial charge in [0.15, 0.2) is 0 Å². The van der Waals surface area contributed by atoms with Crippen molar-refractivity contribution in [1.29, 1.82) is 0 Å². The molecule has 0 saturated heterocycles. The SMILES string of the molecule is CC(C(=O)NC1CCCC1)N(Cc1ccc(Br)cc1)C(=O)CN(c1ccc(Cl)c(C(F)(F)F)c1)S(=O)(=O)c1ccccc1. The minimum atomic E-state index is -4.88. The maximum Gasteiger partial charge on any atom is 0.417 e. The van der Waals surface area contributed by atoms with Gasteiger partial charge in [-0.2, -0.15) is 13.2 Å². The first kappa shape index (κ1) is 32.8. The number of amides is 2. The molecule has 1 fully saturated rings. The fourth-order valence-electron chi connectivity index (χ4n) is 4.90. The first-order chi connectivity index (χ1) is 20.3. The normalized spacial score (nSPS) is 14.7. The molecule has 0 spiro atoms. The largest absolute Gasteiger partial charge is 0.417 e. The molecule has 0 aromatic heterocycles. The summed E-state index contributed by atoms with van der Waals surface area (Å²) in [5, 5.41) is 2.35. The van der Waals surface area contributed by atoms with Gasteiger partial charge in [-0.1, -0.05) is 70.7 Å². The van der Waals surface area contributed by atoms with Crippen molar-refractivity contribution >= 4 is 55.1 Å². The Balaban J connectivity index is 1.74. The molecule has 7 nitrogen and oxygen atoms in total. The summed E-state index contributed by atoms with van der Waals surface area (Å²) in [6, 6.07) is 15.7. The van der Waals surface area contributed by atoms with Crippen molar-refractivity contribution < 1.29 is 31.2 Å². The highest BCUT2D eigenvalue weighted by atomic mass is 79.9. The lowest BCUT2D eigenvalue weighted by Crippen LogP contribution is -2.52. The van der Waals surface area contributed by atoms with Gasteiger partial charge in [-0.05, 0) is 67.8 Å². The van der Waals surface area contributed by atoms with Crippen molar-refractivity contribution in [2.45, 2.75) is 62.3 Å². The summed E-state index contributed by atoms with van der Waals surface area (Å²) < 4.78 is 70.3. The minimum absolute atomic E-state index is 0.0237. The summed E-state index contributed by atoms with van der Waals surface area (Å²) in [4.78, 5) is 28.3. The molecule has 1 saturated carbocycles. The number of nitrogens with zero attached hydrogens (tertiary/aromatic N) is 2. The lowest BCUT2D eigenvalue weighted by atomic mass is 10.1. The van der Waals surface area contributed by atoms with Crippen LogP contribution in [0.2, 0.25) is 5.02 Å². The van der Waals surface area contributed by atoms with Gasteiger partial charge in [0.2, 0.25) is 11.8 Å². The Morgan fingerprint density at radius 1 is 1.02 bits per heavy atom. The summed E-state index contributed by atoms with van der Waals surface area (Å²) >= 11 is 9.17. The Labute approximate surface area is 262 Å². The third-order valence-corrected chi connectivity index (χ3v) is 9.93. The lowest BCUT2D eigenvalue weighted by molar-refractivity contribution is -0.139. The quantitative estimate of drug-likeness (QED) is 0.252. The summed E-state index contributed by atoms with van der Waals surface area (Å²) in [5.74, 6) is -1.18. The predicted molar refractivity (Wildman–Crippen MR) is 162 cm³/mol. The molecule has 13 heteroatoms. The van der Waals surface area contributed by atoms with Crippen LogP contribution in [0.1, 0.15) is 43.7 Å². The van der Waals surface area contributed by atoms with E-state index in [1.165, 1.54) is 29.2 Å². The van der Waals surface area contributed by atoms with Crippen LogP contribution in [-0.2, 0) is 32.3 Å². The molecule has 1 aliphatic rings. The fraction of sp³-hybridized carbons (Fsp3) is 0.333. The van der Waals surface area contributed by atoms with Crippen molar-refractivity contribution in [2.24, 2.45) is 0 Å². The maximum absolute atomic E-state index is 14.0. The molecular formula is C30H30BrClF3N3O4S. The van der Waals surface area contributed by atoms with Crippen LogP contribution in [0.15, 0.2) is 82.2 Å². The maximum atomic E-state index is 14.0. The van der Waals surface area contributed by atoms with Gasteiger partial charge in [0.25, 0.3) is 10.0 Å². The van der Waals surface area contributed by atoms with E-state index in [-0.39, 0.29) is 17.5 Å².